The maximum absolute atomic E-state index is 5.91. The van der Waals surface area contributed by atoms with E-state index >= 15 is 0 Å². The molecular weight excluding hydrogens is 342 g/mol. The molecule has 0 radical (unpaired) electrons. The first kappa shape index (κ1) is 23.4. The molecule has 3 unspecified atom stereocenters. The Kier molecular flexibility index (Phi) is 7.78. The van der Waals surface area contributed by atoms with Gasteiger partial charge in [0.05, 0.1) is 12.2 Å². The van der Waals surface area contributed by atoms with Crippen molar-refractivity contribution in [2.45, 2.75) is 105 Å². The normalized spacial score (nSPS) is 23.0. The fourth-order valence-corrected chi connectivity index (χ4v) is 4.34. The summed E-state index contributed by atoms with van der Waals surface area (Å²) in [5, 5.41) is 0. The van der Waals surface area contributed by atoms with Gasteiger partial charge in [-0.25, -0.2) is 0 Å². The molecule has 0 aliphatic carbocycles. The molecule has 2 nitrogen and oxygen atoms in total. The first-order valence-electron chi connectivity index (χ1n) is 11.5. The Morgan fingerprint density at radius 2 is 1.39 bits per heavy atom. The van der Waals surface area contributed by atoms with E-state index in [0.29, 0.717) is 18.1 Å². The van der Waals surface area contributed by atoms with Crippen LogP contribution < -0.4 is 0 Å². The van der Waals surface area contributed by atoms with E-state index in [-0.39, 0.29) is 10.8 Å². The number of ether oxygens (including phenoxy) is 1. The van der Waals surface area contributed by atoms with Crippen molar-refractivity contribution in [2.24, 2.45) is 5.92 Å². The van der Waals surface area contributed by atoms with Crippen LogP contribution in [0.2, 0.25) is 0 Å². The summed E-state index contributed by atoms with van der Waals surface area (Å²) in [4.78, 5) is 2.60. The molecule has 28 heavy (non-hydrogen) atoms. The Morgan fingerprint density at radius 1 is 0.929 bits per heavy atom. The number of nitrogens with zero attached hydrogens (tertiary/aromatic N) is 1. The van der Waals surface area contributed by atoms with Crippen LogP contribution in [0.1, 0.15) is 91.8 Å². The van der Waals surface area contributed by atoms with E-state index in [1.165, 1.54) is 29.5 Å². The van der Waals surface area contributed by atoms with Gasteiger partial charge in [0.25, 0.3) is 0 Å². The molecule has 0 aromatic heterocycles. The van der Waals surface area contributed by atoms with Crippen molar-refractivity contribution in [1.82, 2.24) is 4.90 Å². The molecule has 1 aromatic carbocycles. The molecule has 0 N–H and O–H groups in total. The van der Waals surface area contributed by atoms with Crippen molar-refractivity contribution in [1.29, 1.82) is 0 Å². The third-order valence-electron chi connectivity index (χ3n) is 6.97. The average Bonchev–Trinajstić information content (AvgIpc) is 2.60. The first-order valence-corrected chi connectivity index (χ1v) is 11.5. The molecule has 0 amide bonds. The Labute approximate surface area is 175 Å². The molecule has 2 heteroatoms. The van der Waals surface area contributed by atoms with Gasteiger partial charge in [-0.2, -0.15) is 0 Å². The van der Waals surface area contributed by atoms with Crippen molar-refractivity contribution in [3.63, 3.8) is 0 Å². The maximum atomic E-state index is 5.91. The third-order valence-corrected chi connectivity index (χ3v) is 6.97. The van der Waals surface area contributed by atoms with Crippen LogP contribution in [0.25, 0.3) is 0 Å². The summed E-state index contributed by atoms with van der Waals surface area (Å²) < 4.78 is 5.91. The summed E-state index contributed by atoms with van der Waals surface area (Å²) in [5.41, 5.74) is 4.98. The number of hydrogen-bond donors (Lipinski definition) is 0. The Morgan fingerprint density at radius 3 is 1.82 bits per heavy atom. The van der Waals surface area contributed by atoms with E-state index in [9.17, 15) is 0 Å². The van der Waals surface area contributed by atoms with E-state index in [1.54, 1.807) is 0 Å². The number of hydrogen-bond acceptors (Lipinski definition) is 2. The minimum atomic E-state index is 0.229. The second-order valence-electron chi connectivity index (χ2n) is 10.7. The molecule has 1 fully saturated rings. The van der Waals surface area contributed by atoms with Crippen molar-refractivity contribution in [3.05, 3.63) is 34.9 Å². The number of rotatable bonds is 8. The lowest BCUT2D eigenvalue weighted by Gasteiger charge is -2.36. The van der Waals surface area contributed by atoms with Gasteiger partial charge in [-0.05, 0) is 66.5 Å². The molecule has 160 valence electrons. The van der Waals surface area contributed by atoms with E-state index in [4.69, 9.17) is 4.74 Å². The van der Waals surface area contributed by atoms with Crippen molar-refractivity contribution >= 4 is 0 Å². The zero-order valence-corrected chi connectivity index (χ0v) is 20.1. The highest BCUT2D eigenvalue weighted by molar-refractivity contribution is 5.38. The molecule has 2 rings (SSSR count). The quantitative estimate of drug-likeness (QED) is 0.515. The first-order chi connectivity index (χ1) is 13.0. The SMILES string of the molecule is CCC(C)(C)c1cc(CC(C)CN2CC(C)OC(C)C2)cc(C(C)(C)CC)c1. The minimum Gasteiger partial charge on any atom is -0.373 e. The molecule has 0 bridgehead atoms. The van der Waals surface area contributed by atoms with Crippen LogP contribution in [0.15, 0.2) is 18.2 Å². The van der Waals surface area contributed by atoms with Gasteiger partial charge >= 0.3 is 0 Å². The van der Waals surface area contributed by atoms with Crippen LogP contribution in [-0.2, 0) is 22.0 Å². The van der Waals surface area contributed by atoms with Crippen LogP contribution in [0, 0.1) is 5.92 Å². The van der Waals surface area contributed by atoms with Crippen molar-refractivity contribution in [3.8, 4) is 0 Å². The zero-order valence-electron chi connectivity index (χ0n) is 20.1. The lowest BCUT2D eigenvalue weighted by Crippen LogP contribution is -2.47. The summed E-state index contributed by atoms with van der Waals surface area (Å²) in [6.07, 6.45) is 4.19. The van der Waals surface area contributed by atoms with Crippen molar-refractivity contribution < 1.29 is 4.74 Å². The monoisotopic (exact) mass is 387 g/mol. The highest BCUT2D eigenvalue weighted by atomic mass is 16.5. The van der Waals surface area contributed by atoms with Gasteiger partial charge in [-0.15, -0.1) is 0 Å². The van der Waals surface area contributed by atoms with Crippen LogP contribution in [0.4, 0.5) is 0 Å². The summed E-state index contributed by atoms with van der Waals surface area (Å²) in [6, 6.07) is 7.45. The molecule has 1 aliphatic heterocycles. The zero-order chi connectivity index (χ0) is 21.1. The number of benzene rings is 1. The molecule has 0 saturated carbocycles. The Hall–Kier alpha value is -0.860. The molecule has 1 aromatic rings. The van der Waals surface area contributed by atoms with Gasteiger partial charge in [-0.3, -0.25) is 4.90 Å². The van der Waals surface area contributed by atoms with Gasteiger partial charge in [0.2, 0.25) is 0 Å². The van der Waals surface area contributed by atoms with Gasteiger partial charge in [0.1, 0.15) is 0 Å². The lowest BCUT2D eigenvalue weighted by molar-refractivity contribution is -0.0708. The fourth-order valence-electron chi connectivity index (χ4n) is 4.34. The largest absolute Gasteiger partial charge is 0.373 e. The summed E-state index contributed by atoms with van der Waals surface area (Å²) in [7, 11) is 0. The molecule has 1 aliphatic rings. The Bertz CT molecular complexity index is 589. The van der Waals surface area contributed by atoms with Gasteiger partial charge in [0.15, 0.2) is 0 Å². The maximum Gasteiger partial charge on any atom is 0.0678 e. The molecule has 1 saturated heterocycles. The third kappa shape index (κ3) is 6.07. The van der Waals surface area contributed by atoms with Gasteiger partial charge in [0, 0.05) is 19.6 Å². The predicted octanol–water partition coefficient (Wildman–Crippen LogP) is 6.35. The second-order valence-corrected chi connectivity index (χ2v) is 10.7. The van der Waals surface area contributed by atoms with Gasteiger partial charge < -0.3 is 4.74 Å². The van der Waals surface area contributed by atoms with Crippen LogP contribution >= 0.6 is 0 Å². The lowest BCUT2D eigenvalue weighted by atomic mass is 9.75. The fraction of sp³-hybridized carbons (Fsp3) is 0.769. The summed E-state index contributed by atoms with van der Waals surface area (Å²) in [6.45, 7) is 24.2. The van der Waals surface area contributed by atoms with Crippen molar-refractivity contribution in [2.75, 3.05) is 19.6 Å². The topological polar surface area (TPSA) is 12.5 Å². The van der Waals surface area contributed by atoms with E-state index in [1.807, 2.05) is 0 Å². The van der Waals surface area contributed by atoms with E-state index in [2.05, 4.69) is 85.4 Å². The van der Waals surface area contributed by atoms with E-state index < -0.39 is 0 Å². The van der Waals surface area contributed by atoms with Crippen LogP contribution in [0.5, 0.6) is 0 Å². The molecule has 1 heterocycles. The number of morpholine rings is 1. The predicted molar refractivity (Wildman–Crippen MR) is 122 cm³/mol. The Balaban J connectivity index is 2.21. The highest BCUT2D eigenvalue weighted by Crippen LogP contribution is 2.34. The summed E-state index contributed by atoms with van der Waals surface area (Å²) >= 11 is 0. The average molecular weight is 388 g/mol. The van der Waals surface area contributed by atoms with Gasteiger partial charge in [-0.1, -0.05) is 66.7 Å². The molecular formula is C26H45NO. The minimum absolute atomic E-state index is 0.229. The van der Waals surface area contributed by atoms with E-state index in [0.717, 1.165) is 26.1 Å². The molecule has 3 atom stereocenters. The molecule has 0 spiro atoms. The highest BCUT2D eigenvalue weighted by Gasteiger charge is 2.26. The second kappa shape index (κ2) is 9.30. The van der Waals surface area contributed by atoms with Crippen LogP contribution in [0.3, 0.4) is 0 Å². The smallest absolute Gasteiger partial charge is 0.0678 e. The van der Waals surface area contributed by atoms with Crippen LogP contribution in [-0.4, -0.2) is 36.7 Å². The summed E-state index contributed by atoms with van der Waals surface area (Å²) in [5.74, 6) is 0.648. The standard InChI is InChI=1S/C26H45NO/c1-10-25(6,7)23-13-22(14-24(15-23)26(8,9)11-2)12-19(3)16-27-17-20(4)28-21(5)18-27/h13-15,19-21H,10-12,16-18H2,1-9H3.